The first kappa shape index (κ1) is 9.82. The fraction of sp³-hybridized carbons (Fsp3) is 0.667. The molecule has 4 nitrogen and oxygen atoms in total. The van der Waals surface area contributed by atoms with Gasteiger partial charge < -0.3 is 5.73 Å². The number of halogens is 3. The second-order valence-corrected chi connectivity index (χ2v) is 2.55. The molecule has 1 heterocycles. The number of hydrogen-bond acceptors (Lipinski definition) is 3. The molecule has 0 saturated carbocycles. The van der Waals surface area contributed by atoms with Crippen molar-refractivity contribution in [3.05, 3.63) is 5.69 Å². The van der Waals surface area contributed by atoms with Gasteiger partial charge in [-0.15, -0.1) is 5.10 Å². The molecule has 0 aliphatic carbocycles. The molecular formula is C6H9F3N4. The lowest BCUT2D eigenvalue weighted by atomic mass is 10.3. The molecule has 0 atom stereocenters. The van der Waals surface area contributed by atoms with Crippen LogP contribution >= 0.6 is 0 Å². The van der Waals surface area contributed by atoms with E-state index >= 15 is 0 Å². The van der Waals surface area contributed by atoms with Crippen LogP contribution in [-0.4, -0.2) is 21.2 Å². The Balaban J connectivity index is 2.89. The third kappa shape index (κ3) is 2.33. The lowest BCUT2D eigenvalue weighted by Gasteiger charge is -2.07. The topological polar surface area (TPSA) is 56.7 Å². The van der Waals surface area contributed by atoms with Crippen molar-refractivity contribution in [2.75, 3.05) is 5.73 Å². The Morgan fingerprint density at radius 1 is 1.46 bits per heavy atom. The number of rotatable bonds is 2. The zero-order valence-corrected chi connectivity index (χ0v) is 6.97. The second kappa shape index (κ2) is 3.23. The lowest BCUT2D eigenvalue weighted by Crippen LogP contribution is -2.20. The van der Waals surface area contributed by atoms with E-state index in [9.17, 15) is 13.2 Å². The van der Waals surface area contributed by atoms with Gasteiger partial charge in [0.1, 0.15) is 6.54 Å². The monoisotopic (exact) mass is 194 g/mol. The van der Waals surface area contributed by atoms with Crippen molar-refractivity contribution in [1.82, 2.24) is 15.0 Å². The summed E-state index contributed by atoms with van der Waals surface area (Å²) in [6.07, 6.45) is -3.90. The van der Waals surface area contributed by atoms with E-state index in [-0.39, 0.29) is 5.82 Å². The predicted molar refractivity (Wildman–Crippen MR) is 39.9 cm³/mol. The highest BCUT2D eigenvalue weighted by atomic mass is 19.4. The molecule has 1 aromatic heterocycles. The number of anilines is 1. The number of nitrogens with two attached hydrogens (primary N) is 1. The average molecular weight is 194 g/mol. The Bertz CT molecular complexity index is 291. The van der Waals surface area contributed by atoms with Gasteiger partial charge >= 0.3 is 6.18 Å². The van der Waals surface area contributed by atoms with E-state index in [1.54, 1.807) is 6.92 Å². The zero-order valence-electron chi connectivity index (χ0n) is 6.97. The fourth-order valence-corrected chi connectivity index (χ4v) is 1.01. The van der Waals surface area contributed by atoms with Crippen LogP contribution in [-0.2, 0) is 13.0 Å². The van der Waals surface area contributed by atoms with Crippen molar-refractivity contribution in [1.29, 1.82) is 0 Å². The zero-order chi connectivity index (χ0) is 10.1. The highest BCUT2D eigenvalue weighted by Crippen LogP contribution is 2.19. The lowest BCUT2D eigenvalue weighted by molar-refractivity contribution is -0.143. The Labute approximate surface area is 72.5 Å². The first-order valence-electron chi connectivity index (χ1n) is 3.68. The Kier molecular flexibility index (Phi) is 2.44. The quantitative estimate of drug-likeness (QED) is 0.763. The van der Waals surface area contributed by atoms with Crippen molar-refractivity contribution in [2.24, 2.45) is 0 Å². The van der Waals surface area contributed by atoms with Gasteiger partial charge in [0.25, 0.3) is 0 Å². The molecule has 0 fully saturated rings. The van der Waals surface area contributed by atoms with Crippen molar-refractivity contribution >= 4 is 5.82 Å². The SMILES string of the molecule is CCc1c(N)nnn1CC(F)(F)F. The first-order chi connectivity index (χ1) is 5.94. The van der Waals surface area contributed by atoms with Gasteiger partial charge in [-0.1, -0.05) is 12.1 Å². The summed E-state index contributed by atoms with van der Waals surface area (Å²) in [5.41, 5.74) is 5.63. The molecule has 1 aromatic rings. The normalized spacial score (nSPS) is 12.0. The van der Waals surface area contributed by atoms with E-state index in [1.807, 2.05) is 0 Å². The Hall–Kier alpha value is -1.27. The molecule has 13 heavy (non-hydrogen) atoms. The van der Waals surface area contributed by atoms with Crippen LogP contribution in [0.1, 0.15) is 12.6 Å². The maximum absolute atomic E-state index is 11.9. The van der Waals surface area contributed by atoms with Gasteiger partial charge in [0.2, 0.25) is 0 Å². The molecular weight excluding hydrogens is 185 g/mol. The molecule has 0 aromatic carbocycles. The van der Waals surface area contributed by atoms with Gasteiger partial charge in [-0.25, -0.2) is 4.68 Å². The van der Waals surface area contributed by atoms with Crippen LogP contribution in [0.15, 0.2) is 0 Å². The molecule has 2 N–H and O–H groups in total. The highest BCUT2D eigenvalue weighted by molar-refractivity contribution is 5.32. The molecule has 0 bridgehead atoms. The van der Waals surface area contributed by atoms with Crippen molar-refractivity contribution in [2.45, 2.75) is 26.1 Å². The third-order valence-corrected chi connectivity index (χ3v) is 1.53. The summed E-state index contributed by atoms with van der Waals surface area (Å²) in [6, 6.07) is 0. The molecule has 74 valence electrons. The van der Waals surface area contributed by atoms with E-state index in [2.05, 4.69) is 10.3 Å². The van der Waals surface area contributed by atoms with Crippen LogP contribution in [0.2, 0.25) is 0 Å². The van der Waals surface area contributed by atoms with Gasteiger partial charge in [0.15, 0.2) is 5.82 Å². The Morgan fingerprint density at radius 3 is 2.54 bits per heavy atom. The molecule has 0 spiro atoms. The smallest absolute Gasteiger partial charge is 0.381 e. The molecule has 7 heteroatoms. The minimum Gasteiger partial charge on any atom is -0.381 e. The molecule has 0 unspecified atom stereocenters. The standard InChI is InChI=1S/C6H9F3N4/c1-2-4-5(10)11-12-13(4)3-6(7,8)9/h2-3,10H2,1H3. The maximum atomic E-state index is 11.9. The number of hydrogen-bond donors (Lipinski definition) is 1. The van der Waals surface area contributed by atoms with Crippen LogP contribution < -0.4 is 5.73 Å². The van der Waals surface area contributed by atoms with E-state index < -0.39 is 12.7 Å². The van der Waals surface area contributed by atoms with Crippen LogP contribution in [0.25, 0.3) is 0 Å². The molecule has 1 rings (SSSR count). The van der Waals surface area contributed by atoms with Gasteiger partial charge in [-0.05, 0) is 6.42 Å². The summed E-state index contributed by atoms with van der Waals surface area (Å²) in [4.78, 5) is 0. The first-order valence-corrected chi connectivity index (χ1v) is 3.68. The van der Waals surface area contributed by atoms with E-state index in [4.69, 9.17) is 5.73 Å². The summed E-state index contributed by atoms with van der Waals surface area (Å²) in [5.74, 6) is 0.0618. The van der Waals surface area contributed by atoms with Crippen molar-refractivity contribution < 1.29 is 13.2 Å². The summed E-state index contributed by atoms with van der Waals surface area (Å²) < 4.78 is 36.6. The van der Waals surface area contributed by atoms with Crippen LogP contribution in [0.3, 0.4) is 0 Å². The largest absolute Gasteiger partial charge is 0.408 e. The molecule has 0 aliphatic heterocycles. The summed E-state index contributed by atoms with van der Waals surface area (Å²) in [7, 11) is 0. The maximum Gasteiger partial charge on any atom is 0.408 e. The van der Waals surface area contributed by atoms with E-state index in [1.165, 1.54) is 0 Å². The number of nitrogens with zero attached hydrogens (tertiary/aromatic N) is 3. The molecule has 0 amide bonds. The van der Waals surface area contributed by atoms with Gasteiger partial charge in [0, 0.05) is 0 Å². The second-order valence-electron chi connectivity index (χ2n) is 2.55. The van der Waals surface area contributed by atoms with Crippen molar-refractivity contribution in [3.8, 4) is 0 Å². The Morgan fingerprint density at radius 2 is 2.08 bits per heavy atom. The van der Waals surface area contributed by atoms with Crippen LogP contribution in [0, 0.1) is 0 Å². The van der Waals surface area contributed by atoms with E-state index in [0.29, 0.717) is 12.1 Å². The highest BCUT2D eigenvalue weighted by Gasteiger charge is 2.30. The molecule has 0 aliphatic rings. The average Bonchev–Trinajstić information content (AvgIpc) is 2.28. The van der Waals surface area contributed by atoms with Gasteiger partial charge in [-0.3, -0.25) is 0 Å². The predicted octanol–water partition coefficient (Wildman–Crippen LogP) is 0.985. The fourth-order valence-electron chi connectivity index (χ4n) is 1.01. The summed E-state index contributed by atoms with van der Waals surface area (Å²) >= 11 is 0. The van der Waals surface area contributed by atoms with Crippen molar-refractivity contribution in [3.63, 3.8) is 0 Å². The van der Waals surface area contributed by atoms with Gasteiger partial charge in [-0.2, -0.15) is 13.2 Å². The minimum atomic E-state index is -4.29. The number of aromatic nitrogens is 3. The minimum absolute atomic E-state index is 0.0618. The number of alkyl halides is 3. The third-order valence-electron chi connectivity index (χ3n) is 1.53. The molecule has 0 saturated heterocycles. The van der Waals surface area contributed by atoms with Crippen LogP contribution in [0.5, 0.6) is 0 Å². The molecule has 0 radical (unpaired) electrons. The summed E-state index contributed by atoms with van der Waals surface area (Å²) in [6.45, 7) is 0.558. The van der Waals surface area contributed by atoms with Gasteiger partial charge in [0.05, 0.1) is 5.69 Å². The summed E-state index contributed by atoms with van der Waals surface area (Å²) in [5, 5.41) is 6.66. The number of nitrogen functional groups attached to an aromatic ring is 1. The van der Waals surface area contributed by atoms with E-state index in [0.717, 1.165) is 4.68 Å². The van der Waals surface area contributed by atoms with Crippen LogP contribution in [0.4, 0.5) is 19.0 Å².